The number of aromatic nitrogens is 1. The van der Waals surface area contributed by atoms with Crippen LogP contribution in [-0.2, 0) is 9.53 Å². The van der Waals surface area contributed by atoms with E-state index in [-0.39, 0.29) is 6.10 Å². The lowest BCUT2D eigenvalue weighted by Crippen LogP contribution is -2.53. The Morgan fingerprint density at radius 2 is 2.08 bits per heavy atom. The van der Waals surface area contributed by atoms with Crippen molar-refractivity contribution in [3.8, 4) is 0 Å². The third-order valence-corrected chi connectivity index (χ3v) is 6.30. The Hall–Kier alpha value is -1.30. The van der Waals surface area contributed by atoms with Crippen molar-refractivity contribution in [2.24, 2.45) is 23.2 Å². The molecule has 130 valence electrons. The van der Waals surface area contributed by atoms with Crippen LogP contribution >= 0.6 is 15.9 Å². The molecule has 0 radical (unpaired) electrons. The lowest BCUT2D eigenvalue weighted by molar-refractivity contribution is -0.161. The molecule has 2 aliphatic rings. The largest absolute Gasteiger partial charge is 0.462 e. The highest BCUT2D eigenvalue weighted by atomic mass is 79.9. The number of carbonyl (C=O) groups is 1. The fraction of sp³-hybridized carbons (Fsp3) is 0.556. The van der Waals surface area contributed by atoms with Gasteiger partial charge >= 0.3 is 5.97 Å². The highest BCUT2D eigenvalue weighted by molar-refractivity contribution is 9.10. The van der Waals surface area contributed by atoms with Crippen molar-refractivity contribution in [2.45, 2.75) is 39.2 Å². The highest BCUT2D eigenvalue weighted by Gasteiger charge is 2.65. The second-order valence-electron chi connectivity index (χ2n) is 7.04. The number of pyridine rings is 1. The van der Waals surface area contributed by atoms with Gasteiger partial charge in [0, 0.05) is 28.4 Å². The van der Waals surface area contributed by atoms with Crippen molar-refractivity contribution in [1.29, 1.82) is 0 Å². The summed E-state index contributed by atoms with van der Waals surface area (Å²) in [7, 11) is 0. The molecule has 1 aliphatic heterocycles. The standard InChI is InChI=1S/C18H20BrF2NO2/c1-10-14(7-6-13-5-4-12(19)9-22-13)17(3)11(2)24-16(23)15(17)8-18(10,20)21/h4-7,9-11,14-15H,8H2,1-3H3/b7-6+/t10-,11+,14-,15-,17-/m0/s1. The van der Waals surface area contributed by atoms with E-state index in [2.05, 4.69) is 20.9 Å². The van der Waals surface area contributed by atoms with E-state index in [9.17, 15) is 13.6 Å². The number of hydrogen-bond acceptors (Lipinski definition) is 3. The minimum atomic E-state index is -2.89. The first-order valence-corrected chi connectivity index (χ1v) is 8.83. The number of esters is 1. The highest BCUT2D eigenvalue weighted by Crippen LogP contribution is 2.59. The van der Waals surface area contributed by atoms with Crippen LogP contribution < -0.4 is 0 Å². The summed E-state index contributed by atoms with van der Waals surface area (Å²) in [6.45, 7) is 5.25. The average molecular weight is 400 g/mol. The van der Waals surface area contributed by atoms with E-state index in [0.29, 0.717) is 5.69 Å². The Bertz CT molecular complexity index is 676. The minimum absolute atomic E-state index is 0.388. The van der Waals surface area contributed by atoms with Crippen LogP contribution in [-0.4, -0.2) is 23.0 Å². The lowest BCUT2D eigenvalue weighted by Gasteiger charge is -2.48. The molecule has 0 unspecified atom stereocenters. The number of cyclic esters (lactones) is 1. The summed E-state index contributed by atoms with van der Waals surface area (Å²) < 4.78 is 35.1. The fourth-order valence-electron chi connectivity index (χ4n) is 4.05. The number of hydrogen-bond donors (Lipinski definition) is 0. The SMILES string of the molecule is C[C@H]1[C@H](/C=C/c2ccc(Br)cn2)[C@]2(C)[C@@H](C)OC(=O)[C@@H]2CC1(F)F. The number of carbonyl (C=O) groups excluding carboxylic acids is 1. The van der Waals surface area contributed by atoms with E-state index in [1.165, 1.54) is 0 Å². The molecule has 1 aromatic rings. The normalized spacial score (nSPS) is 38.2. The topological polar surface area (TPSA) is 39.2 Å². The van der Waals surface area contributed by atoms with Crippen molar-refractivity contribution in [3.05, 3.63) is 34.6 Å². The quantitative estimate of drug-likeness (QED) is 0.675. The molecule has 0 bridgehead atoms. The Morgan fingerprint density at radius 3 is 2.71 bits per heavy atom. The molecule has 3 nitrogen and oxygen atoms in total. The summed E-state index contributed by atoms with van der Waals surface area (Å²) >= 11 is 3.32. The van der Waals surface area contributed by atoms with Crippen LogP contribution in [0.1, 0.15) is 32.9 Å². The third-order valence-electron chi connectivity index (χ3n) is 5.83. The average Bonchev–Trinajstić information content (AvgIpc) is 2.72. The molecule has 0 amide bonds. The van der Waals surface area contributed by atoms with Crippen LogP contribution in [0.5, 0.6) is 0 Å². The first-order chi connectivity index (χ1) is 11.2. The van der Waals surface area contributed by atoms with E-state index in [1.807, 2.05) is 19.1 Å². The van der Waals surface area contributed by atoms with Gasteiger partial charge in [-0.15, -0.1) is 0 Å². The molecular formula is C18H20BrF2NO2. The summed E-state index contributed by atoms with van der Waals surface area (Å²) in [6, 6.07) is 3.66. The van der Waals surface area contributed by atoms with Gasteiger partial charge in [0.25, 0.3) is 5.92 Å². The van der Waals surface area contributed by atoms with Gasteiger partial charge in [-0.05, 0) is 47.0 Å². The molecule has 6 heteroatoms. The summed E-state index contributed by atoms with van der Waals surface area (Å²) in [5.41, 5.74) is 0.0571. The van der Waals surface area contributed by atoms with Crippen LogP contribution in [0, 0.1) is 23.2 Å². The van der Waals surface area contributed by atoms with Gasteiger partial charge in [0.15, 0.2) is 0 Å². The van der Waals surface area contributed by atoms with Crippen molar-refractivity contribution in [1.82, 2.24) is 4.98 Å². The van der Waals surface area contributed by atoms with Crippen LogP contribution in [0.25, 0.3) is 6.08 Å². The van der Waals surface area contributed by atoms with E-state index in [0.717, 1.165) is 4.47 Å². The predicted molar refractivity (Wildman–Crippen MR) is 90.3 cm³/mol. The van der Waals surface area contributed by atoms with Gasteiger partial charge in [-0.3, -0.25) is 9.78 Å². The summed E-state index contributed by atoms with van der Waals surface area (Å²) in [5, 5.41) is 0. The maximum absolute atomic E-state index is 14.5. The number of allylic oxidation sites excluding steroid dienone is 1. The van der Waals surface area contributed by atoms with Crippen LogP contribution in [0.4, 0.5) is 8.78 Å². The molecule has 2 heterocycles. The molecule has 3 rings (SSSR count). The second-order valence-corrected chi connectivity index (χ2v) is 7.95. The molecule has 1 saturated carbocycles. The molecule has 0 spiro atoms. The smallest absolute Gasteiger partial charge is 0.310 e. The number of halogens is 3. The molecule has 1 saturated heterocycles. The van der Waals surface area contributed by atoms with Gasteiger partial charge in [-0.25, -0.2) is 8.78 Å². The van der Waals surface area contributed by atoms with Crippen molar-refractivity contribution in [2.75, 3.05) is 0 Å². The van der Waals surface area contributed by atoms with Gasteiger partial charge in [0.1, 0.15) is 6.10 Å². The molecule has 1 aromatic heterocycles. The Balaban J connectivity index is 1.98. The Morgan fingerprint density at radius 1 is 1.38 bits per heavy atom. The van der Waals surface area contributed by atoms with Crippen molar-refractivity contribution >= 4 is 28.0 Å². The van der Waals surface area contributed by atoms with Crippen LogP contribution in [0.3, 0.4) is 0 Å². The Labute approximate surface area is 148 Å². The second kappa shape index (κ2) is 5.90. The van der Waals surface area contributed by atoms with Crippen molar-refractivity contribution < 1.29 is 18.3 Å². The lowest BCUT2D eigenvalue weighted by atomic mass is 9.55. The molecule has 5 atom stereocenters. The number of rotatable bonds is 2. The van der Waals surface area contributed by atoms with E-state index in [1.54, 1.807) is 32.2 Å². The van der Waals surface area contributed by atoms with Crippen molar-refractivity contribution in [3.63, 3.8) is 0 Å². The number of fused-ring (bicyclic) bond motifs is 1. The first-order valence-electron chi connectivity index (χ1n) is 8.04. The number of nitrogens with zero attached hydrogens (tertiary/aromatic N) is 1. The van der Waals surface area contributed by atoms with Gasteiger partial charge in [-0.1, -0.05) is 19.9 Å². The molecular weight excluding hydrogens is 380 g/mol. The van der Waals surface area contributed by atoms with Gasteiger partial charge in [0.05, 0.1) is 11.6 Å². The van der Waals surface area contributed by atoms with E-state index >= 15 is 0 Å². The summed E-state index contributed by atoms with van der Waals surface area (Å²) in [5.74, 6) is -5.52. The van der Waals surface area contributed by atoms with E-state index < -0.39 is 41.5 Å². The number of alkyl halides is 2. The molecule has 0 aromatic carbocycles. The molecule has 0 N–H and O–H groups in total. The maximum atomic E-state index is 14.5. The monoisotopic (exact) mass is 399 g/mol. The minimum Gasteiger partial charge on any atom is -0.462 e. The predicted octanol–water partition coefficient (Wildman–Crippen LogP) is 4.72. The zero-order valence-electron chi connectivity index (χ0n) is 13.8. The Kier molecular flexibility index (Phi) is 4.31. The molecule has 24 heavy (non-hydrogen) atoms. The maximum Gasteiger partial charge on any atom is 0.310 e. The fourth-order valence-corrected chi connectivity index (χ4v) is 4.28. The van der Waals surface area contributed by atoms with Gasteiger partial charge in [0.2, 0.25) is 0 Å². The summed E-state index contributed by atoms with van der Waals surface area (Å²) in [4.78, 5) is 16.3. The van der Waals surface area contributed by atoms with E-state index in [4.69, 9.17) is 4.74 Å². The van der Waals surface area contributed by atoms with Crippen LogP contribution in [0.2, 0.25) is 0 Å². The molecule has 1 aliphatic carbocycles. The first kappa shape index (κ1) is 17.5. The number of ether oxygens (including phenoxy) is 1. The molecule has 2 fully saturated rings. The van der Waals surface area contributed by atoms with Gasteiger partial charge in [-0.2, -0.15) is 0 Å². The third kappa shape index (κ3) is 2.68. The van der Waals surface area contributed by atoms with Crippen LogP contribution in [0.15, 0.2) is 28.9 Å². The zero-order chi connectivity index (χ0) is 17.7. The van der Waals surface area contributed by atoms with Gasteiger partial charge < -0.3 is 4.74 Å². The summed E-state index contributed by atoms with van der Waals surface area (Å²) in [6.07, 6.45) is 4.37. The zero-order valence-corrected chi connectivity index (χ0v) is 15.4.